The van der Waals surface area contributed by atoms with Crippen LogP contribution in [0, 0.1) is 5.82 Å². The minimum Gasteiger partial charge on any atom is -0.323 e. The molecule has 2 aromatic rings. The molecule has 1 aromatic heterocycles. The van der Waals surface area contributed by atoms with Gasteiger partial charge in [-0.15, -0.1) is 11.3 Å². The van der Waals surface area contributed by atoms with E-state index in [0.29, 0.717) is 0 Å². The van der Waals surface area contributed by atoms with Crippen LogP contribution >= 0.6 is 34.5 Å². The fraction of sp³-hybridized carbons (Fsp3) is 0.0833. The normalized spacial score (nSPS) is 14.7. The van der Waals surface area contributed by atoms with Gasteiger partial charge < -0.3 is 5.32 Å². The lowest BCUT2D eigenvalue weighted by molar-refractivity contribution is -0.115. The Hall–Kier alpha value is -1.35. The molecule has 0 aliphatic carbocycles. The topological polar surface area (TPSA) is 66.5 Å². The van der Waals surface area contributed by atoms with Gasteiger partial charge in [0.15, 0.2) is 0 Å². The number of nitrogens with one attached hydrogen (secondary N) is 1. The second-order valence-electron chi connectivity index (χ2n) is 4.41. The number of fused-ring (bicyclic) bond motifs is 1. The Labute approximate surface area is 139 Å². The van der Waals surface area contributed by atoms with Crippen LogP contribution in [0.25, 0.3) is 0 Å². The SMILES string of the molecule is O=C1CN(S(=O)(=O)c2cc(Cl)sc2Cl)c2cc(F)ccc2N1. The zero-order valence-electron chi connectivity index (χ0n) is 10.6. The molecule has 0 saturated heterocycles. The van der Waals surface area contributed by atoms with Gasteiger partial charge in [-0.25, -0.2) is 12.8 Å². The van der Waals surface area contributed by atoms with Gasteiger partial charge in [-0.1, -0.05) is 23.2 Å². The zero-order valence-corrected chi connectivity index (χ0v) is 13.8. The maximum Gasteiger partial charge on any atom is 0.267 e. The summed E-state index contributed by atoms with van der Waals surface area (Å²) in [6.45, 7) is -0.470. The van der Waals surface area contributed by atoms with Crippen molar-refractivity contribution < 1.29 is 17.6 Å². The van der Waals surface area contributed by atoms with Crippen molar-refractivity contribution in [2.75, 3.05) is 16.2 Å². The van der Waals surface area contributed by atoms with Crippen molar-refractivity contribution in [2.24, 2.45) is 0 Å². The second-order valence-corrected chi connectivity index (χ2v) is 8.53. The molecule has 10 heteroatoms. The Kier molecular flexibility index (Phi) is 3.80. The van der Waals surface area contributed by atoms with E-state index in [0.717, 1.165) is 27.8 Å². The summed E-state index contributed by atoms with van der Waals surface area (Å²) in [6, 6.07) is 4.67. The van der Waals surface area contributed by atoms with E-state index in [4.69, 9.17) is 23.2 Å². The number of nitrogens with zero attached hydrogens (tertiary/aromatic N) is 1. The molecule has 0 bridgehead atoms. The summed E-state index contributed by atoms with van der Waals surface area (Å²) in [6.07, 6.45) is 0. The molecule has 0 atom stereocenters. The van der Waals surface area contributed by atoms with E-state index in [1.807, 2.05) is 0 Å². The fourth-order valence-corrected chi connectivity index (χ4v) is 5.60. The van der Waals surface area contributed by atoms with Crippen molar-refractivity contribution in [1.29, 1.82) is 0 Å². The average Bonchev–Trinajstić information content (AvgIpc) is 2.78. The summed E-state index contributed by atoms with van der Waals surface area (Å²) in [5, 5.41) is 2.49. The summed E-state index contributed by atoms with van der Waals surface area (Å²) in [4.78, 5) is 11.5. The number of anilines is 2. The highest BCUT2D eigenvalue weighted by Gasteiger charge is 2.35. The fourth-order valence-electron chi connectivity index (χ4n) is 2.06. The predicted molar refractivity (Wildman–Crippen MR) is 83.9 cm³/mol. The highest BCUT2D eigenvalue weighted by molar-refractivity contribution is 7.93. The molecular weight excluding hydrogens is 374 g/mol. The van der Waals surface area contributed by atoms with E-state index in [1.54, 1.807) is 0 Å². The van der Waals surface area contributed by atoms with Crippen LogP contribution in [0.5, 0.6) is 0 Å². The van der Waals surface area contributed by atoms with E-state index in [-0.39, 0.29) is 24.9 Å². The lowest BCUT2D eigenvalue weighted by Crippen LogP contribution is -2.42. The number of benzene rings is 1. The Morgan fingerprint density at radius 2 is 2.00 bits per heavy atom. The highest BCUT2D eigenvalue weighted by Crippen LogP contribution is 2.39. The van der Waals surface area contributed by atoms with Gasteiger partial charge in [0.1, 0.15) is 21.6 Å². The van der Waals surface area contributed by atoms with Crippen molar-refractivity contribution in [3.8, 4) is 0 Å². The first kappa shape index (κ1) is 15.5. The van der Waals surface area contributed by atoms with Crippen LogP contribution in [0.3, 0.4) is 0 Å². The third kappa shape index (κ3) is 2.56. The Bertz CT molecular complexity index is 882. The van der Waals surface area contributed by atoms with Gasteiger partial charge in [0, 0.05) is 6.07 Å². The van der Waals surface area contributed by atoms with Gasteiger partial charge in [0.05, 0.1) is 15.7 Å². The van der Waals surface area contributed by atoms with Crippen LogP contribution in [-0.4, -0.2) is 20.9 Å². The van der Waals surface area contributed by atoms with Gasteiger partial charge in [-0.3, -0.25) is 9.10 Å². The monoisotopic (exact) mass is 380 g/mol. The van der Waals surface area contributed by atoms with Crippen LogP contribution < -0.4 is 9.62 Å². The standard InChI is InChI=1S/C12H7Cl2FN2O3S2/c13-10-4-9(12(14)21-10)22(19,20)17-5-11(18)16-7-2-1-6(15)3-8(7)17/h1-4H,5H2,(H,16,18). The summed E-state index contributed by atoms with van der Waals surface area (Å²) in [5.74, 6) is -1.15. The summed E-state index contributed by atoms with van der Waals surface area (Å²) in [5.41, 5.74) is 0.247. The van der Waals surface area contributed by atoms with E-state index < -0.39 is 28.3 Å². The minimum absolute atomic E-state index is 0.0195. The molecule has 1 aliphatic rings. The number of hydrogen-bond donors (Lipinski definition) is 1. The lowest BCUT2D eigenvalue weighted by Gasteiger charge is -2.29. The number of rotatable bonds is 2. The zero-order chi connectivity index (χ0) is 16.1. The quantitative estimate of drug-likeness (QED) is 0.868. The first-order valence-electron chi connectivity index (χ1n) is 5.86. The number of carbonyl (C=O) groups excluding carboxylic acids is 1. The summed E-state index contributed by atoms with van der Waals surface area (Å²) in [7, 11) is -4.14. The van der Waals surface area contributed by atoms with Crippen LogP contribution in [-0.2, 0) is 14.8 Å². The number of amides is 1. The van der Waals surface area contributed by atoms with Crippen LogP contribution in [0.4, 0.5) is 15.8 Å². The maximum absolute atomic E-state index is 13.5. The van der Waals surface area contributed by atoms with Gasteiger partial charge in [0.25, 0.3) is 10.0 Å². The smallest absolute Gasteiger partial charge is 0.267 e. The van der Waals surface area contributed by atoms with Crippen molar-refractivity contribution in [1.82, 2.24) is 0 Å². The first-order chi connectivity index (χ1) is 10.3. The van der Waals surface area contributed by atoms with E-state index in [9.17, 15) is 17.6 Å². The number of sulfonamides is 1. The molecule has 0 radical (unpaired) electrons. The molecule has 0 spiro atoms. The molecule has 0 fully saturated rings. The van der Waals surface area contributed by atoms with Crippen molar-refractivity contribution in [2.45, 2.75) is 4.90 Å². The molecule has 2 heterocycles. The maximum atomic E-state index is 13.5. The highest BCUT2D eigenvalue weighted by atomic mass is 35.5. The van der Waals surface area contributed by atoms with Crippen LogP contribution in [0.1, 0.15) is 0 Å². The average molecular weight is 381 g/mol. The first-order valence-corrected chi connectivity index (χ1v) is 8.87. The van der Waals surface area contributed by atoms with Gasteiger partial charge in [-0.05, 0) is 18.2 Å². The Balaban J connectivity index is 2.18. The number of halogens is 3. The molecule has 5 nitrogen and oxygen atoms in total. The number of hydrogen-bond acceptors (Lipinski definition) is 4. The molecule has 116 valence electrons. The minimum atomic E-state index is -4.14. The number of thiophene rings is 1. The Morgan fingerprint density at radius 1 is 1.27 bits per heavy atom. The summed E-state index contributed by atoms with van der Waals surface area (Å²) >= 11 is 12.6. The summed E-state index contributed by atoms with van der Waals surface area (Å²) < 4.78 is 39.9. The van der Waals surface area contributed by atoms with Gasteiger partial charge >= 0.3 is 0 Å². The van der Waals surface area contributed by atoms with Crippen LogP contribution in [0.15, 0.2) is 29.2 Å². The number of carbonyl (C=O) groups is 1. The van der Waals surface area contributed by atoms with Crippen molar-refractivity contribution in [3.05, 3.63) is 38.8 Å². The van der Waals surface area contributed by atoms with Gasteiger partial charge in [-0.2, -0.15) is 0 Å². The molecule has 0 unspecified atom stereocenters. The second kappa shape index (κ2) is 5.38. The third-order valence-electron chi connectivity index (χ3n) is 2.98. The van der Waals surface area contributed by atoms with E-state index in [1.165, 1.54) is 12.1 Å². The van der Waals surface area contributed by atoms with Gasteiger partial charge in [0.2, 0.25) is 5.91 Å². The molecule has 1 aliphatic heterocycles. The van der Waals surface area contributed by atoms with Crippen molar-refractivity contribution in [3.63, 3.8) is 0 Å². The third-order valence-corrected chi connectivity index (χ3v) is 6.50. The molecular formula is C12H7Cl2FN2O3S2. The van der Waals surface area contributed by atoms with Crippen LogP contribution in [0.2, 0.25) is 8.67 Å². The molecule has 1 aromatic carbocycles. The van der Waals surface area contributed by atoms with Crippen molar-refractivity contribution >= 4 is 61.8 Å². The molecule has 1 N–H and O–H groups in total. The van der Waals surface area contributed by atoms with E-state index in [2.05, 4.69) is 5.32 Å². The lowest BCUT2D eigenvalue weighted by atomic mass is 10.2. The predicted octanol–water partition coefficient (Wildman–Crippen LogP) is 3.34. The Morgan fingerprint density at radius 3 is 2.64 bits per heavy atom. The molecule has 22 heavy (non-hydrogen) atoms. The molecule has 1 amide bonds. The van der Waals surface area contributed by atoms with E-state index >= 15 is 0 Å². The largest absolute Gasteiger partial charge is 0.323 e. The molecule has 0 saturated carbocycles. The molecule has 3 rings (SSSR count).